The maximum Gasteiger partial charge on any atom is 0.298 e. The summed E-state index contributed by atoms with van der Waals surface area (Å²) in [6.07, 6.45) is 7.70. The first-order valence-electron chi connectivity index (χ1n) is 14.7. The molecular formula is C34H40N4O3. The number of oxazole rings is 1. The summed E-state index contributed by atoms with van der Waals surface area (Å²) in [5.74, 6) is 0.206. The molecule has 0 saturated carbocycles. The van der Waals surface area contributed by atoms with Gasteiger partial charge in [-0.2, -0.15) is 4.98 Å². The number of nitrogens with one attached hydrogen (secondary N) is 1. The van der Waals surface area contributed by atoms with E-state index in [0.717, 1.165) is 84.7 Å². The Labute approximate surface area is 242 Å². The minimum absolute atomic E-state index is 0.163. The van der Waals surface area contributed by atoms with Gasteiger partial charge in [-0.25, -0.2) is 0 Å². The van der Waals surface area contributed by atoms with E-state index >= 15 is 0 Å². The van der Waals surface area contributed by atoms with E-state index < -0.39 is 6.04 Å². The van der Waals surface area contributed by atoms with Crippen molar-refractivity contribution in [2.45, 2.75) is 64.3 Å². The molecule has 1 fully saturated rings. The Morgan fingerprint density at radius 1 is 1.22 bits per heavy atom. The molecule has 0 bridgehead atoms. The summed E-state index contributed by atoms with van der Waals surface area (Å²) in [7, 11) is 1.62. The number of aryl methyl sites for hydroxylation is 2. The molecule has 0 aliphatic carbocycles. The molecule has 2 amide bonds. The Morgan fingerprint density at radius 3 is 2.73 bits per heavy atom. The normalized spacial score (nSPS) is 14.8. The Hall–Kier alpha value is -4.13. The highest BCUT2D eigenvalue weighted by atomic mass is 16.4. The minimum Gasteiger partial charge on any atom is -0.423 e. The summed E-state index contributed by atoms with van der Waals surface area (Å²) >= 11 is 0. The number of anilines is 2. The van der Waals surface area contributed by atoms with Crippen molar-refractivity contribution in [1.29, 1.82) is 0 Å². The molecule has 0 radical (unpaired) electrons. The van der Waals surface area contributed by atoms with Gasteiger partial charge >= 0.3 is 0 Å². The molecule has 0 spiro atoms. The van der Waals surface area contributed by atoms with Gasteiger partial charge in [0.05, 0.1) is 5.69 Å². The van der Waals surface area contributed by atoms with Crippen LogP contribution < -0.4 is 15.1 Å². The molecule has 1 aliphatic heterocycles. The lowest BCUT2D eigenvalue weighted by Crippen LogP contribution is -2.45. The zero-order chi connectivity index (χ0) is 28.9. The molecule has 1 atom stereocenters. The van der Waals surface area contributed by atoms with E-state index in [0.29, 0.717) is 18.4 Å². The fourth-order valence-electron chi connectivity index (χ4n) is 6.18. The van der Waals surface area contributed by atoms with Crippen LogP contribution in [0.15, 0.2) is 65.6 Å². The van der Waals surface area contributed by atoms with Crippen molar-refractivity contribution in [2.24, 2.45) is 0 Å². The van der Waals surface area contributed by atoms with Gasteiger partial charge in [-0.3, -0.25) is 9.59 Å². The predicted molar refractivity (Wildman–Crippen MR) is 167 cm³/mol. The van der Waals surface area contributed by atoms with Crippen molar-refractivity contribution in [3.05, 3.63) is 77.9 Å². The van der Waals surface area contributed by atoms with E-state index in [1.54, 1.807) is 11.9 Å². The standard InChI is InChI=1S/C34H40N4O3/c1-5-7-8-12-30(33(40)35-4)38(22-39)29-15-14-26(27-11-9-10-23(3)32(27)29)25-17-19-37(20-18-25)34-36-28-21-24(6-2)13-16-31(28)41-34/h5,9-11,13-16,21-22,25,30H,1,6-8,12,17-20H2,2-4H3,(H,35,40). The second-order valence-corrected chi connectivity index (χ2v) is 10.9. The van der Waals surface area contributed by atoms with Gasteiger partial charge in [0.1, 0.15) is 11.6 Å². The average Bonchev–Trinajstić information content (AvgIpc) is 3.44. The molecule has 1 aromatic heterocycles. The summed E-state index contributed by atoms with van der Waals surface area (Å²) in [6.45, 7) is 9.73. The molecule has 1 aliphatic rings. The number of benzene rings is 3. The first-order valence-corrected chi connectivity index (χ1v) is 14.7. The third-order valence-corrected chi connectivity index (χ3v) is 8.48. The number of fused-ring (bicyclic) bond motifs is 2. The molecule has 1 unspecified atom stereocenters. The number of allylic oxidation sites excluding steroid dienone is 1. The Morgan fingerprint density at radius 2 is 2.02 bits per heavy atom. The first-order chi connectivity index (χ1) is 20.0. The zero-order valence-corrected chi connectivity index (χ0v) is 24.4. The van der Waals surface area contributed by atoms with Gasteiger partial charge < -0.3 is 19.5 Å². The van der Waals surface area contributed by atoms with Crippen molar-refractivity contribution in [3.63, 3.8) is 0 Å². The largest absolute Gasteiger partial charge is 0.423 e. The number of likely N-dealkylation sites (N-methyl/N-ethyl adjacent to an activating group) is 1. The van der Waals surface area contributed by atoms with Crippen LogP contribution in [0.5, 0.6) is 0 Å². The number of nitrogens with zero attached hydrogens (tertiary/aromatic N) is 3. The van der Waals surface area contributed by atoms with Gasteiger partial charge in [-0.1, -0.05) is 43.3 Å². The van der Waals surface area contributed by atoms with Crippen LogP contribution in [-0.2, 0) is 16.0 Å². The van der Waals surface area contributed by atoms with E-state index in [4.69, 9.17) is 9.40 Å². The third kappa shape index (κ3) is 5.71. The van der Waals surface area contributed by atoms with Crippen LogP contribution in [-0.4, -0.2) is 43.5 Å². The lowest BCUT2D eigenvalue weighted by Gasteiger charge is -2.33. The summed E-state index contributed by atoms with van der Waals surface area (Å²) in [4.78, 5) is 34.1. The number of rotatable bonds is 11. The lowest BCUT2D eigenvalue weighted by molar-refractivity contribution is -0.123. The van der Waals surface area contributed by atoms with Gasteiger partial charge in [0.15, 0.2) is 5.58 Å². The van der Waals surface area contributed by atoms with E-state index in [1.165, 1.54) is 11.1 Å². The number of carbonyl (C=O) groups is 2. The highest BCUT2D eigenvalue weighted by molar-refractivity contribution is 6.05. The number of piperidine rings is 1. The van der Waals surface area contributed by atoms with Crippen LogP contribution >= 0.6 is 0 Å². The Bertz CT molecular complexity index is 1550. The van der Waals surface area contributed by atoms with Crippen molar-refractivity contribution >= 4 is 45.9 Å². The minimum atomic E-state index is -0.584. The monoisotopic (exact) mass is 552 g/mol. The molecule has 1 N–H and O–H groups in total. The topological polar surface area (TPSA) is 78.7 Å². The molecule has 7 heteroatoms. The fourth-order valence-corrected chi connectivity index (χ4v) is 6.18. The zero-order valence-electron chi connectivity index (χ0n) is 24.4. The lowest BCUT2D eigenvalue weighted by atomic mass is 9.85. The summed E-state index contributed by atoms with van der Waals surface area (Å²) in [6, 6.07) is 16.8. The molecule has 214 valence electrons. The first kappa shape index (κ1) is 28.4. The SMILES string of the molecule is C=CCCCC(C(=O)NC)N(C=O)c1ccc(C2CCN(c3nc4cc(CC)ccc4o3)CC2)c2cccc(C)c12. The molecule has 4 aromatic rings. The van der Waals surface area contributed by atoms with E-state index in [9.17, 15) is 9.59 Å². The predicted octanol–water partition coefficient (Wildman–Crippen LogP) is 6.67. The summed E-state index contributed by atoms with van der Waals surface area (Å²) in [5.41, 5.74) is 6.15. The van der Waals surface area contributed by atoms with Crippen molar-refractivity contribution in [3.8, 4) is 0 Å². The van der Waals surface area contributed by atoms with Crippen LogP contribution in [0.1, 0.15) is 61.6 Å². The summed E-state index contributed by atoms with van der Waals surface area (Å²) in [5, 5.41) is 4.92. The highest BCUT2D eigenvalue weighted by Gasteiger charge is 2.29. The van der Waals surface area contributed by atoms with Crippen molar-refractivity contribution in [1.82, 2.24) is 10.3 Å². The number of hydrogen-bond acceptors (Lipinski definition) is 5. The molecule has 5 rings (SSSR count). The number of aromatic nitrogens is 1. The number of carbonyl (C=O) groups excluding carboxylic acids is 2. The average molecular weight is 553 g/mol. The molecule has 1 saturated heterocycles. The smallest absolute Gasteiger partial charge is 0.298 e. The van der Waals surface area contributed by atoms with Crippen LogP contribution in [0.2, 0.25) is 0 Å². The second kappa shape index (κ2) is 12.6. The van der Waals surface area contributed by atoms with Crippen molar-refractivity contribution < 1.29 is 14.0 Å². The van der Waals surface area contributed by atoms with Crippen LogP contribution in [0.4, 0.5) is 11.7 Å². The van der Waals surface area contributed by atoms with Gasteiger partial charge in [0.2, 0.25) is 12.3 Å². The number of unbranched alkanes of at least 4 members (excludes halogenated alkanes) is 1. The van der Waals surface area contributed by atoms with E-state index in [2.05, 4.69) is 67.0 Å². The third-order valence-electron chi connectivity index (χ3n) is 8.48. The maximum absolute atomic E-state index is 12.9. The molecule has 2 heterocycles. The van der Waals surface area contributed by atoms with E-state index in [1.807, 2.05) is 18.2 Å². The van der Waals surface area contributed by atoms with Gasteiger partial charge in [-0.05, 0) is 91.6 Å². The molecular weight excluding hydrogens is 512 g/mol. The Balaban J connectivity index is 1.42. The molecule has 7 nitrogen and oxygen atoms in total. The van der Waals surface area contributed by atoms with Crippen LogP contribution in [0.25, 0.3) is 21.9 Å². The highest BCUT2D eigenvalue weighted by Crippen LogP contribution is 2.40. The van der Waals surface area contributed by atoms with Gasteiger partial charge in [0, 0.05) is 25.5 Å². The number of hydrogen-bond donors (Lipinski definition) is 1. The maximum atomic E-state index is 12.9. The Kier molecular flexibility index (Phi) is 8.72. The molecule has 41 heavy (non-hydrogen) atoms. The van der Waals surface area contributed by atoms with Crippen molar-refractivity contribution in [2.75, 3.05) is 29.9 Å². The van der Waals surface area contributed by atoms with E-state index in [-0.39, 0.29) is 5.91 Å². The molecule has 3 aromatic carbocycles. The van der Waals surface area contributed by atoms with Gasteiger partial charge in [-0.15, -0.1) is 6.58 Å². The summed E-state index contributed by atoms with van der Waals surface area (Å²) < 4.78 is 6.11. The second-order valence-electron chi connectivity index (χ2n) is 10.9. The van der Waals surface area contributed by atoms with Gasteiger partial charge in [0.25, 0.3) is 6.01 Å². The van der Waals surface area contributed by atoms with Crippen LogP contribution in [0, 0.1) is 6.92 Å². The fraction of sp³-hybridized carbons (Fsp3) is 0.382. The quantitative estimate of drug-likeness (QED) is 0.128. The van der Waals surface area contributed by atoms with Crippen LogP contribution in [0.3, 0.4) is 0 Å². The number of amides is 2.